The van der Waals surface area contributed by atoms with Crippen LogP contribution in [-0.2, 0) is 9.59 Å². The van der Waals surface area contributed by atoms with E-state index >= 15 is 0 Å². The fourth-order valence-corrected chi connectivity index (χ4v) is 4.61. The fraction of sp³-hybridized carbons (Fsp3) is 0.276. The Balaban J connectivity index is 0.00000420. The van der Waals surface area contributed by atoms with Crippen molar-refractivity contribution >= 4 is 53.0 Å². The Morgan fingerprint density at radius 1 is 0.846 bits per heavy atom. The van der Waals surface area contributed by atoms with Crippen LogP contribution in [-0.4, -0.2) is 54.7 Å². The maximum Gasteiger partial charge on any atom is 0.325 e. The molecular weight excluding hydrogens is 538 g/mol. The Morgan fingerprint density at radius 2 is 1.33 bits per heavy atom. The van der Waals surface area contributed by atoms with Crippen LogP contribution in [0, 0.1) is 0 Å². The standard InChI is InChI=1S/C29H31N3O5S.ClH/c1-5-30(6-2)19-27(33)37-26-17-15-25(16-18-26)36-24-13-9-21(10-14-24)31-20(3)28(34)32(29(31)38)22-7-11-23(35-4)12-8-22;/h7-18,20H,5-6,19H2,1-4H3;1H. The Morgan fingerprint density at radius 3 is 1.87 bits per heavy atom. The molecule has 1 atom stereocenters. The maximum absolute atomic E-state index is 13.0. The Labute approximate surface area is 240 Å². The molecule has 39 heavy (non-hydrogen) atoms. The molecule has 1 heterocycles. The molecule has 0 N–H and O–H groups in total. The second kappa shape index (κ2) is 13.4. The van der Waals surface area contributed by atoms with Crippen molar-refractivity contribution in [3.05, 3.63) is 72.8 Å². The third-order valence-electron chi connectivity index (χ3n) is 6.35. The van der Waals surface area contributed by atoms with Gasteiger partial charge in [0.05, 0.1) is 19.3 Å². The minimum absolute atomic E-state index is 0. The molecule has 10 heteroatoms. The molecule has 0 radical (unpaired) electrons. The van der Waals surface area contributed by atoms with Crippen molar-refractivity contribution < 1.29 is 23.8 Å². The molecule has 1 aliphatic rings. The SMILES string of the molecule is CCN(CC)CC(=O)Oc1ccc(Oc2ccc(N3C(=S)N(c4ccc(OC)cc4)C(=O)C3C)cc2)cc1.Cl. The predicted octanol–water partition coefficient (Wildman–Crippen LogP) is 5.68. The lowest BCUT2D eigenvalue weighted by Crippen LogP contribution is -2.33. The van der Waals surface area contributed by atoms with Gasteiger partial charge in [-0.05, 0) is 105 Å². The first-order chi connectivity index (χ1) is 18.3. The normalized spacial score (nSPS) is 14.8. The Bertz CT molecular complexity index is 1280. The van der Waals surface area contributed by atoms with Crippen LogP contribution in [0.15, 0.2) is 72.8 Å². The van der Waals surface area contributed by atoms with Crippen molar-refractivity contribution in [1.29, 1.82) is 0 Å². The van der Waals surface area contributed by atoms with E-state index in [9.17, 15) is 9.59 Å². The molecule has 1 amide bonds. The second-order valence-corrected chi connectivity index (χ2v) is 9.07. The average molecular weight is 570 g/mol. The summed E-state index contributed by atoms with van der Waals surface area (Å²) in [6, 6.07) is 21.1. The van der Waals surface area contributed by atoms with Crippen molar-refractivity contribution in [2.24, 2.45) is 0 Å². The van der Waals surface area contributed by atoms with Gasteiger partial charge in [-0.3, -0.25) is 19.4 Å². The highest BCUT2D eigenvalue weighted by atomic mass is 35.5. The van der Waals surface area contributed by atoms with Crippen molar-refractivity contribution in [3.8, 4) is 23.0 Å². The van der Waals surface area contributed by atoms with Gasteiger partial charge < -0.3 is 19.1 Å². The van der Waals surface area contributed by atoms with E-state index in [1.807, 2.05) is 67.0 Å². The summed E-state index contributed by atoms with van der Waals surface area (Å²) in [7, 11) is 1.60. The first-order valence-corrected chi connectivity index (χ1v) is 12.9. The van der Waals surface area contributed by atoms with Crippen LogP contribution >= 0.6 is 24.6 Å². The Kier molecular flexibility index (Phi) is 10.3. The monoisotopic (exact) mass is 569 g/mol. The molecule has 206 valence electrons. The van der Waals surface area contributed by atoms with Gasteiger partial charge in [0.15, 0.2) is 5.11 Å². The zero-order valence-corrected chi connectivity index (χ0v) is 24.0. The largest absolute Gasteiger partial charge is 0.497 e. The number of hydrogen-bond donors (Lipinski definition) is 0. The van der Waals surface area contributed by atoms with E-state index < -0.39 is 6.04 Å². The number of carbonyl (C=O) groups excluding carboxylic acids is 2. The second-order valence-electron chi connectivity index (χ2n) is 8.70. The average Bonchev–Trinajstić information content (AvgIpc) is 3.16. The zero-order valence-electron chi connectivity index (χ0n) is 22.3. The summed E-state index contributed by atoms with van der Waals surface area (Å²) < 4.78 is 16.6. The van der Waals surface area contributed by atoms with Crippen molar-refractivity contribution in [3.63, 3.8) is 0 Å². The summed E-state index contributed by atoms with van der Waals surface area (Å²) in [5.41, 5.74) is 1.48. The van der Waals surface area contributed by atoms with Gasteiger partial charge in [0.25, 0.3) is 5.91 Å². The van der Waals surface area contributed by atoms with Crippen molar-refractivity contribution in [1.82, 2.24) is 4.90 Å². The van der Waals surface area contributed by atoms with E-state index in [0.717, 1.165) is 18.8 Å². The molecule has 8 nitrogen and oxygen atoms in total. The van der Waals surface area contributed by atoms with Crippen LogP contribution in [0.2, 0.25) is 0 Å². The maximum atomic E-state index is 13.0. The van der Waals surface area contributed by atoms with Gasteiger partial charge in [0, 0.05) is 5.69 Å². The lowest BCUT2D eigenvalue weighted by Gasteiger charge is -2.22. The molecule has 0 bridgehead atoms. The van der Waals surface area contributed by atoms with Gasteiger partial charge in [-0.15, -0.1) is 12.4 Å². The van der Waals surface area contributed by atoms with Crippen LogP contribution in [0.4, 0.5) is 11.4 Å². The fourth-order valence-electron chi connectivity index (χ4n) is 4.15. The number of amides is 1. The molecule has 1 fully saturated rings. The number of anilines is 2. The van der Waals surface area contributed by atoms with Gasteiger partial charge in [0.2, 0.25) is 0 Å². The van der Waals surface area contributed by atoms with E-state index in [0.29, 0.717) is 33.8 Å². The van der Waals surface area contributed by atoms with Crippen LogP contribution in [0.3, 0.4) is 0 Å². The van der Waals surface area contributed by atoms with Crippen LogP contribution in [0.1, 0.15) is 20.8 Å². The number of thiocarbonyl (C=S) groups is 1. The van der Waals surface area contributed by atoms with Crippen molar-refractivity contribution in [2.75, 3.05) is 36.5 Å². The van der Waals surface area contributed by atoms with Gasteiger partial charge in [-0.1, -0.05) is 13.8 Å². The molecule has 1 aliphatic heterocycles. The topological polar surface area (TPSA) is 71.6 Å². The summed E-state index contributed by atoms with van der Waals surface area (Å²) in [5.74, 6) is 2.00. The number of benzene rings is 3. The highest BCUT2D eigenvalue weighted by Gasteiger charge is 2.41. The molecule has 3 aromatic rings. The summed E-state index contributed by atoms with van der Waals surface area (Å²) >= 11 is 5.69. The summed E-state index contributed by atoms with van der Waals surface area (Å²) in [6.07, 6.45) is 0. The van der Waals surface area contributed by atoms with Crippen LogP contribution in [0.5, 0.6) is 23.0 Å². The molecule has 0 aromatic heterocycles. The summed E-state index contributed by atoms with van der Waals surface area (Å²) in [6.45, 7) is 7.67. The van der Waals surface area contributed by atoms with E-state index in [-0.39, 0.29) is 30.8 Å². The molecular formula is C29H32ClN3O5S. The molecule has 1 unspecified atom stereocenters. The first kappa shape index (κ1) is 29.9. The highest BCUT2D eigenvalue weighted by molar-refractivity contribution is 7.81. The minimum Gasteiger partial charge on any atom is -0.497 e. The van der Waals surface area contributed by atoms with E-state index in [1.54, 1.807) is 48.4 Å². The smallest absolute Gasteiger partial charge is 0.325 e. The van der Waals surface area contributed by atoms with Crippen LogP contribution < -0.4 is 24.0 Å². The third-order valence-corrected chi connectivity index (χ3v) is 6.73. The number of esters is 1. The lowest BCUT2D eigenvalue weighted by atomic mass is 10.2. The number of rotatable bonds is 10. The number of ether oxygens (including phenoxy) is 3. The van der Waals surface area contributed by atoms with Gasteiger partial charge in [0.1, 0.15) is 29.0 Å². The molecule has 0 aliphatic carbocycles. The first-order valence-electron chi connectivity index (χ1n) is 12.5. The number of hydrogen-bond acceptors (Lipinski definition) is 7. The third kappa shape index (κ3) is 6.86. The molecule has 0 spiro atoms. The van der Waals surface area contributed by atoms with E-state index in [4.69, 9.17) is 26.4 Å². The molecule has 4 rings (SSSR count). The van der Waals surface area contributed by atoms with E-state index in [1.165, 1.54) is 0 Å². The quantitative estimate of drug-likeness (QED) is 0.175. The number of halogens is 1. The summed E-state index contributed by atoms with van der Waals surface area (Å²) in [4.78, 5) is 30.5. The number of carbonyl (C=O) groups is 2. The molecule has 3 aromatic carbocycles. The zero-order chi connectivity index (χ0) is 27.2. The van der Waals surface area contributed by atoms with Gasteiger partial charge in [-0.25, -0.2) is 0 Å². The number of nitrogens with zero attached hydrogens (tertiary/aromatic N) is 3. The summed E-state index contributed by atoms with van der Waals surface area (Å²) in [5, 5.41) is 0.410. The van der Waals surface area contributed by atoms with Gasteiger partial charge >= 0.3 is 5.97 Å². The van der Waals surface area contributed by atoms with Gasteiger partial charge in [-0.2, -0.15) is 0 Å². The molecule has 0 saturated carbocycles. The minimum atomic E-state index is -0.451. The number of likely N-dealkylation sites (N-methyl/N-ethyl adjacent to an activating group) is 1. The van der Waals surface area contributed by atoms with E-state index in [2.05, 4.69) is 0 Å². The highest BCUT2D eigenvalue weighted by Crippen LogP contribution is 2.33. The van der Waals surface area contributed by atoms with Crippen molar-refractivity contribution in [2.45, 2.75) is 26.8 Å². The Hall–Kier alpha value is -3.66. The van der Waals surface area contributed by atoms with Crippen LogP contribution in [0.25, 0.3) is 0 Å². The lowest BCUT2D eigenvalue weighted by molar-refractivity contribution is -0.135. The number of methoxy groups -OCH3 is 1. The predicted molar refractivity (Wildman–Crippen MR) is 159 cm³/mol. The molecule has 1 saturated heterocycles.